The summed E-state index contributed by atoms with van der Waals surface area (Å²) in [4.78, 5) is 14.3. The van der Waals surface area contributed by atoms with Crippen molar-refractivity contribution in [2.45, 2.75) is 46.1 Å². The Labute approximate surface area is 135 Å². The number of benzene rings is 1. The number of hydrogen-bond acceptors (Lipinski definition) is 2. The Bertz CT molecular complexity index is 450. The molecule has 2 rings (SSSR count). The third-order valence-electron chi connectivity index (χ3n) is 4.83. The molecule has 3 nitrogen and oxygen atoms in total. The number of rotatable bonds is 6. The summed E-state index contributed by atoms with van der Waals surface area (Å²) < 4.78 is 0. The predicted octanol–water partition coefficient (Wildman–Crippen LogP) is 3.10. The molecular formula is C19H30N2O. The van der Waals surface area contributed by atoms with Crippen LogP contribution in [-0.2, 0) is 11.2 Å². The van der Waals surface area contributed by atoms with Gasteiger partial charge in [-0.3, -0.25) is 9.69 Å². The molecule has 3 heteroatoms. The summed E-state index contributed by atoms with van der Waals surface area (Å²) in [7, 11) is 0. The molecule has 0 spiro atoms. The van der Waals surface area contributed by atoms with Gasteiger partial charge < -0.3 is 5.32 Å². The molecule has 1 aliphatic rings. The summed E-state index contributed by atoms with van der Waals surface area (Å²) in [5, 5.41) is 3.10. The fourth-order valence-corrected chi connectivity index (χ4v) is 2.97. The van der Waals surface area contributed by atoms with E-state index in [1.54, 1.807) is 0 Å². The van der Waals surface area contributed by atoms with Gasteiger partial charge in [0.05, 0.1) is 6.54 Å². The Morgan fingerprint density at radius 2 is 1.82 bits per heavy atom. The molecule has 0 aliphatic carbocycles. The van der Waals surface area contributed by atoms with Crippen LogP contribution in [0.15, 0.2) is 30.3 Å². The SMILES string of the molecule is CC(C)C(C)NC(=O)CN1CCC(Cc2ccccc2)CC1. The van der Waals surface area contributed by atoms with Crippen LogP contribution in [0.4, 0.5) is 0 Å². The lowest BCUT2D eigenvalue weighted by molar-refractivity contribution is -0.123. The number of hydrogen-bond donors (Lipinski definition) is 1. The molecule has 1 amide bonds. The van der Waals surface area contributed by atoms with Crippen molar-refractivity contribution in [1.82, 2.24) is 10.2 Å². The molecule has 0 bridgehead atoms. The maximum atomic E-state index is 12.0. The van der Waals surface area contributed by atoms with Crippen molar-refractivity contribution in [3.05, 3.63) is 35.9 Å². The van der Waals surface area contributed by atoms with Gasteiger partial charge in [0.25, 0.3) is 0 Å². The van der Waals surface area contributed by atoms with Crippen LogP contribution in [0, 0.1) is 11.8 Å². The van der Waals surface area contributed by atoms with Crippen molar-refractivity contribution in [1.29, 1.82) is 0 Å². The van der Waals surface area contributed by atoms with E-state index in [1.165, 1.54) is 24.8 Å². The standard InChI is InChI=1S/C19H30N2O/c1-15(2)16(3)20-19(22)14-21-11-9-18(10-12-21)13-17-7-5-4-6-8-17/h4-8,15-16,18H,9-14H2,1-3H3,(H,20,22). The van der Waals surface area contributed by atoms with Crippen molar-refractivity contribution in [2.24, 2.45) is 11.8 Å². The fraction of sp³-hybridized carbons (Fsp3) is 0.632. The monoisotopic (exact) mass is 302 g/mol. The van der Waals surface area contributed by atoms with Crippen molar-refractivity contribution in [3.63, 3.8) is 0 Å². The van der Waals surface area contributed by atoms with E-state index in [-0.39, 0.29) is 11.9 Å². The molecule has 1 fully saturated rings. The van der Waals surface area contributed by atoms with Gasteiger partial charge in [-0.05, 0) is 56.7 Å². The Morgan fingerprint density at radius 1 is 1.18 bits per heavy atom. The van der Waals surface area contributed by atoms with E-state index in [0.717, 1.165) is 19.0 Å². The second-order valence-corrected chi connectivity index (χ2v) is 7.01. The normalized spacial score (nSPS) is 18.4. The largest absolute Gasteiger partial charge is 0.352 e. The molecule has 1 heterocycles. The van der Waals surface area contributed by atoms with Crippen molar-refractivity contribution >= 4 is 5.91 Å². The summed E-state index contributed by atoms with van der Waals surface area (Å²) >= 11 is 0. The highest BCUT2D eigenvalue weighted by molar-refractivity contribution is 5.78. The molecule has 1 unspecified atom stereocenters. The van der Waals surface area contributed by atoms with Crippen LogP contribution in [0.3, 0.4) is 0 Å². The molecule has 1 atom stereocenters. The lowest BCUT2D eigenvalue weighted by Crippen LogP contribution is -2.45. The van der Waals surface area contributed by atoms with E-state index < -0.39 is 0 Å². The maximum absolute atomic E-state index is 12.0. The molecule has 22 heavy (non-hydrogen) atoms. The molecule has 0 aromatic heterocycles. The van der Waals surface area contributed by atoms with E-state index >= 15 is 0 Å². The van der Waals surface area contributed by atoms with Crippen molar-refractivity contribution in [2.75, 3.05) is 19.6 Å². The minimum Gasteiger partial charge on any atom is -0.352 e. The Kier molecular flexibility index (Phi) is 6.44. The summed E-state index contributed by atoms with van der Waals surface area (Å²) in [6.07, 6.45) is 3.56. The number of carbonyl (C=O) groups is 1. The zero-order valence-corrected chi connectivity index (χ0v) is 14.2. The average Bonchev–Trinajstić information content (AvgIpc) is 2.50. The molecule has 1 N–H and O–H groups in total. The zero-order valence-electron chi connectivity index (χ0n) is 14.2. The minimum atomic E-state index is 0.169. The number of likely N-dealkylation sites (tertiary alicyclic amines) is 1. The first-order valence-electron chi connectivity index (χ1n) is 8.60. The van der Waals surface area contributed by atoms with E-state index in [0.29, 0.717) is 12.5 Å². The first-order chi connectivity index (χ1) is 10.5. The van der Waals surface area contributed by atoms with Gasteiger partial charge in [-0.2, -0.15) is 0 Å². The Hall–Kier alpha value is -1.35. The van der Waals surface area contributed by atoms with Crippen molar-refractivity contribution in [3.8, 4) is 0 Å². The van der Waals surface area contributed by atoms with Crippen LogP contribution < -0.4 is 5.32 Å². The minimum absolute atomic E-state index is 0.169. The van der Waals surface area contributed by atoms with Crippen molar-refractivity contribution < 1.29 is 4.79 Å². The Balaban J connectivity index is 1.70. The summed E-state index contributed by atoms with van der Waals surface area (Å²) in [5.41, 5.74) is 1.43. The third kappa shape index (κ3) is 5.45. The summed E-state index contributed by atoms with van der Waals surface area (Å²) in [6.45, 7) is 8.99. The lowest BCUT2D eigenvalue weighted by atomic mass is 9.90. The van der Waals surface area contributed by atoms with Gasteiger partial charge in [0, 0.05) is 6.04 Å². The fourth-order valence-electron chi connectivity index (χ4n) is 2.97. The quantitative estimate of drug-likeness (QED) is 0.876. The summed E-state index contributed by atoms with van der Waals surface area (Å²) in [5.74, 6) is 1.42. The molecular weight excluding hydrogens is 272 g/mol. The van der Waals surface area contributed by atoms with E-state index in [1.807, 2.05) is 0 Å². The highest BCUT2D eigenvalue weighted by Gasteiger charge is 2.21. The number of piperidine rings is 1. The van der Waals surface area contributed by atoms with Crippen LogP contribution in [0.25, 0.3) is 0 Å². The van der Waals surface area contributed by atoms with Gasteiger partial charge in [-0.15, -0.1) is 0 Å². The van der Waals surface area contributed by atoms with Gasteiger partial charge in [-0.25, -0.2) is 0 Å². The van der Waals surface area contributed by atoms with E-state index in [4.69, 9.17) is 0 Å². The number of amides is 1. The maximum Gasteiger partial charge on any atom is 0.234 e. The smallest absolute Gasteiger partial charge is 0.234 e. The van der Waals surface area contributed by atoms with Crippen LogP contribution in [0.2, 0.25) is 0 Å². The van der Waals surface area contributed by atoms with Gasteiger partial charge in [0.2, 0.25) is 5.91 Å². The lowest BCUT2D eigenvalue weighted by Gasteiger charge is -2.32. The first-order valence-corrected chi connectivity index (χ1v) is 8.60. The van der Waals surface area contributed by atoms with Crippen LogP contribution in [0.5, 0.6) is 0 Å². The molecule has 1 aromatic rings. The topological polar surface area (TPSA) is 32.3 Å². The average molecular weight is 302 g/mol. The van der Waals surface area contributed by atoms with Crippen LogP contribution in [0.1, 0.15) is 39.2 Å². The van der Waals surface area contributed by atoms with Gasteiger partial charge in [0.15, 0.2) is 0 Å². The van der Waals surface area contributed by atoms with Gasteiger partial charge in [-0.1, -0.05) is 44.2 Å². The molecule has 0 saturated carbocycles. The molecule has 122 valence electrons. The van der Waals surface area contributed by atoms with Crippen LogP contribution >= 0.6 is 0 Å². The first kappa shape index (κ1) is 17.0. The molecule has 0 radical (unpaired) electrons. The zero-order chi connectivity index (χ0) is 15.9. The van der Waals surface area contributed by atoms with E-state index in [9.17, 15) is 4.79 Å². The number of nitrogens with zero attached hydrogens (tertiary/aromatic N) is 1. The molecule has 1 aliphatic heterocycles. The number of nitrogens with one attached hydrogen (secondary N) is 1. The second kappa shape index (κ2) is 8.33. The van der Waals surface area contributed by atoms with Crippen LogP contribution in [-0.4, -0.2) is 36.5 Å². The highest BCUT2D eigenvalue weighted by Crippen LogP contribution is 2.21. The van der Waals surface area contributed by atoms with E-state index in [2.05, 4.69) is 61.3 Å². The third-order valence-corrected chi connectivity index (χ3v) is 4.83. The Morgan fingerprint density at radius 3 is 2.41 bits per heavy atom. The van der Waals surface area contributed by atoms with Gasteiger partial charge >= 0.3 is 0 Å². The van der Waals surface area contributed by atoms with Gasteiger partial charge in [0.1, 0.15) is 0 Å². The number of carbonyl (C=O) groups excluding carboxylic acids is 1. The molecule has 1 aromatic carbocycles. The highest BCUT2D eigenvalue weighted by atomic mass is 16.2. The molecule has 1 saturated heterocycles. The second-order valence-electron chi connectivity index (χ2n) is 7.01. The predicted molar refractivity (Wildman–Crippen MR) is 91.8 cm³/mol. The summed E-state index contributed by atoms with van der Waals surface area (Å²) in [6, 6.07) is 11.0.